The maximum absolute atomic E-state index is 12.9. The highest BCUT2D eigenvalue weighted by molar-refractivity contribution is 5.98. The fourth-order valence-corrected chi connectivity index (χ4v) is 4.82. The highest BCUT2D eigenvalue weighted by atomic mass is 16.1. The minimum Gasteiger partial charge on any atom is -0.351 e. The number of carbonyl (C=O) groups is 1. The van der Waals surface area contributed by atoms with Gasteiger partial charge in [-0.05, 0) is 49.1 Å². The van der Waals surface area contributed by atoms with E-state index in [0.717, 1.165) is 36.8 Å². The second-order valence-corrected chi connectivity index (χ2v) is 8.78. The maximum atomic E-state index is 12.9. The molecule has 1 aliphatic rings. The molecular formula is C28H29N3O. The molecule has 0 atom stereocenters. The highest BCUT2D eigenvalue weighted by Crippen LogP contribution is 2.31. The summed E-state index contributed by atoms with van der Waals surface area (Å²) in [5.41, 5.74) is 5.47. The van der Waals surface area contributed by atoms with Crippen molar-refractivity contribution in [3.8, 4) is 0 Å². The van der Waals surface area contributed by atoms with Gasteiger partial charge >= 0.3 is 0 Å². The number of likely N-dealkylation sites (tertiary alicyclic amines) is 1. The van der Waals surface area contributed by atoms with Gasteiger partial charge in [-0.1, -0.05) is 72.3 Å². The minimum atomic E-state index is -0.0139. The van der Waals surface area contributed by atoms with Crippen molar-refractivity contribution in [1.29, 1.82) is 0 Å². The molecule has 4 heteroatoms. The van der Waals surface area contributed by atoms with Gasteiger partial charge in [-0.3, -0.25) is 9.69 Å². The fraction of sp³-hybridized carbons (Fsp3) is 0.250. The van der Waals surface area contributed by atoms with E-state index < -0.39 is 0 Å². The third kappa shape index (κ3) is 4.32. The third-order valence-corrected chi connectivity index (χ3v) is 6.48. The molecule has 1 saturated heterocycles. The Kier molecular flexibility index (Phi) is 5.78. The Balaban J connectivity index is 1.26. The number of carbonyl (C=O) groups excluding carboxylic acids is 1. The van der Waals surface area contributed by atoms with Crippen LogP contribution in [0.15, 0.2) is 84.9 Å². The molecule has 2 N–H and O–H groups in total. The number of aromatic nitrogens is 1. The number of nitrogens with zero attached hydrogens (tertiary/aromatic N) is 1. The van der Waals surface area contributed by atoms with Gasteiger partial charge in [0.05, 0.1) is 6.04 Å². The largest absolute Gasteiger partial charge is 0.351 e. The van der Waals surface area contributed by atoms with Crippen LogP contribution in [0.25, 0.3) is 10.9 Å². The molecule has 5 rings (SSSR count). The van der Waals surface area contributed by atoms with Gasteiger partial charge in [0.2, 0.25) is 0 Å². The smallest absolute Gasteiger partial charge is 0.267 e. The topological polar surface area (TPSA) is 48.1 Å². The molecule has 0 spiro atoms. The average Bonchev–Trinajstić information content (AvgIpc) is 3.25. The molecule has 4 aromatic rings. The Bertz CT molecular complexity index is 1150. The molecule has 4 nitrogen and oxygen atoms in total. The van der Waals surface area contributed by atoms with Crippen LogP contribution in [0.1, 0.15) is 46.1 Å². The summed E-state index contributed by atoms with van der Waals surface area (Å²) >= 11 is 0. The first-order valence-electron chi connectivity index (χ1n) is 11.4. The first-order valence-corrected chi connectivity index (χ1v) is 11.4. The number of aryl methyl sites for hydroxylation is 1. The van der Waals surface area contributed by atoms with Gasteiger partial charge in [0.25, 0.3) is 5.91 Å². The van der Waals surface area contributed by atoms with E-state index in [4.69, 9.17) is 0 Å². The van der Waals surface area contributed by atoms with Crippen LogP contribution in [0, 0.1) is 6.92 Å². The first-order chi connectivity index (χ1) is 15.7. The molecule has 1 amide bonds. The zero-order chi connectivity index (χ0) is 21.9. The van der Waals surface area contributed by atoms with Crippen LogP contribution in [0.2, 0.25) is 0 Å². The van der Waals surface area contributed by atoms with Crippen LogP contribution in [0.4, 0.5) is 0 Å². The lowest BCUT2D eigenvalue weighted by Gasteiger charge is -2.38. The second kappa shape index (κ2) is 9.01. The predicted octanol–water partition coefficient (Wildman–Crippen LogP) is 5.46. The van der Waals surface area contributed by atoms with Crippen molar-refractivity contribution in [1.82, 2.24) is 15.2 Å². The normalized spacial score (nSPS) is 15.3. The standard InChI is InChI=1S/C28H29N3O/c1-20-12-13-25-23(18-20)19-26(30-25)28(32)29-24-14-16-31(17-15-24)27(21-8-4-2-5-9-21)22-10-6-3-7-11-22/h2-13,18-19,24,27,30H,14-17H2,1H3,(H,29,32). The Morgan fingerprint density at radius 1 is 0.906 bits per heavy atom. The molecule has 0 bridgehead atoms. The number of rotatable bonds is 5. The highest BCUT2D eigenvalue weighted by Gasteiger charge is 2.28. The zero-order valence-corrected chi connectivity index (χ0v) is 18.4. The number of H-pyrrole nitrogens is 1. The summed E-state index contributed by atoms with van der Waals surface area (Å²) in [5.74, 6) is -0.0139. The van der Waals surface area contributed by atoms with Crippen LogP contribution >= 0.6 is 0 Å². The number of nitrogens with one attached hydrogen (secondary N) is 2. The SMILES string of the molecule is Cc1ccc2[nH]c(C(=O)NC3CCN(C(c4ccccc4)c4ccccc4)CC3)cc2c1. The van der Waals surface area contributed by atoms with Crippen LogP contribution in [0.3, 0.4) is 0 Å². The van der Waals surface area contributed by atoms with Crippen LogP contribution in [0.5, 0.6) is 0 Å². The predicted molar refractivity (Wildman–Crippen MR) is 130 cm³/mol. The van der Waals surface area contributed by atoms with Crippen molar-refractivity contribution in [2.24, 2.45) is 0 Å². The quantitative estimate of drug-likeness (QED) is 0.448. The Morgan fingerprint density at radius 2 is 1.53 bits per heavy atom. The third-order valence-electron chi connectivity index (χ3n) is 6.48. The summed E-state index contributed by atoms with van der Waals surface area (Å²) in [6, 6.07) is 30.0. The molecule has 162 valence electrons. The molecular weight excluding hydrogens is 394 g/mol. The first kappa shape index (κ1) is 20.5. The van der Waals surface area contributed by atoms with Gasteiger partial charge in [-0.15, -0.1) is 0 Å². The summed E-state index contributed by atoms with van der Waals surface area (Å²) in [5, 5.41) is 4.33. The number of piperidine rings is 1. The van der Waals surface area contributed by atoms with Crippen LogP contribution < -0.4 is 5.32 Å². The lowest BCUT2D eigenvalue weighted by atomic mass is 9.94. The van der Waals surface area contributed by atoms with Crippen molar-refractivity contribution in [3.63, 3.8) is 0 Å². The molecule has 1 fully saturated rings. The van der Waals surface area contributed by atoms with Gasteiger partial charge in [-0.25, -0.2) is 0 Å². The summed E-state index contributed by atoms with van der Waals surface area (Å²) in [6.45, 7) is 3.97. The van der Waals surface area contributed by atoms with E-state index in [-0.39, 0.29) is 18.0 Å². The monoisotopic (exact) mass is 423 g/mol. The van der Waals surface area contributed by atoms with Crippen molar-refractivity contribution in [3.05, 3.63) is 107 Å². The number of amides is 1. The van der Waals surface area contributed by atoms with Crippen molar-refractivity contribution < 1.29 is 4.79 Å². The number of fused-ring (bicyclic) bond motifs is 1. The minimum absolute atomic E-state index is 0.0139. The van der Waals surface area contributed by atoms with Crippen molar-refractivity contribution in [2.45, 2.75) is 31.8 Å². The average molecular weight is 424 g/mol. The van der Waals surface area contributed by atoms with Crippen LogP contribution in [-0.2, 0) is 0 Å². The number of hydrogen-bond donors (Lipinski definition) is 2. The second-order valence-electron chi connectivity index (χ2n) is 8.78. The summed E-state index contributed by atoms with van der Waals surface area (Å²) in [6.07, 6.45) is 1.89. The number of benzene rings is 3. The Hall–Kier alpha value is -3.37. The maximum Gasteiger partial charge on any atom is 0.267 e. The molecule has 3 aromatic carbocycles. The summed E-state index contributed by atoms with van der Waals surface area (Å²) in [4.78, 5) is 18.7. The molecule has 0 saturated carbocycles. The van der Waals surface area contributed by atoms with Gasteiger partial charge in [0.1, 0.15) is 5.69 Å². The molecule has 0 unspecified atom stereocenters. The van der Waals surface area contributed by atoms with Gasteiger partial charge in [-0.2, -0.15) is 0 Å². The van der Waals surface area contributed by atoms with E-state index in [1.54, 1.807) is 0 Å². The van der Waals surface area contributed by atoms with E-state index >= 15 is 0 Å². The van der Waals surface area contributed by atoms with E-state index in [9.17, 15) is 4.79 Å². The zero-order valence-electron chi connectivity index (χ0n) is 18.4. The molecule has 0 aliphatic carbocycles. The molecule has 2 heterocycles. The molecule has 0 radical (unpaired) electrons. The van der Waals surface area contributed by atoms with Crippen molar-refractivity contribution >= 4 is 16.8 Å². The van der Waals surface area contributed by atoms with Gasteiger partial charge < -0.3 is 10.3 Å². The summed E-state index contributed by atoms with van der Waals surface area (Å²) < 4.78 is 0. The van der Waals surface area contributed by atoms with E-state index in [1.165, 1.54) is 16.7 Å². The van der Waals surface area contributed by atoms with E-state index in [2.05, 4.69) is 94.9 Å². The Labute approximate surface area is 189 Å². The summed E-state index contributed by atoms with van der Waals surface area (Å²) in [7, 11) is 0. The molecule has 1 aliphatic heterocycles. The molecule has 32 heavy (non-hydrogen) atoms. The number of aromatic amines is 1. The van der Waals surface area contributed by atoms with E-state index in [0.29, 0.717) is 5.69 Å². The Morgan fingerprint density at radius 3 is 2.16 bits per heavy atom. The lowest BCUT2D eigenvalue weighted by molar-refractivity contribution is 0.0896. The van der Waals surface area contributed by atoms with Crippen LogP contribution in [-0.4, -0.2) is 34.9 Å². The number of hydrogen-bond acceptors (Lipinski definition) is 2. The van der Waals surface area contributed by atoms with Crippen molar-refractivity contribution in [2.75, 3.05) is 13.1 Å². The van der Waals surface area contributed by atoms with E-state index in [1.807, 2.05) is 12.1 Å². The lowest BCUT2D eigenvalue weighted by Crippen LogP contribution is -2.46. The van der Waals surface area contributed by atoms with Gasteiger partial charge in [0.15, 0.2) is 0 Å². The fourth-order valence-electron chi connectivity index (χ4n) is 4.82. The van der Waals surface area contributed by atoms with Gasteiger partial charge in [0, 0.05) is 30.0 Å². The molecule has 1 aromatic heterocycles.